The van der Waals surface area contributed by atoms with Gasteiger partial charge in [0.1, 0.15) is 0 Å². The molecule has 0 saturated carbocycles. The van der Waals surface area contributed by atoms with Gasteiger partial charge in [-0.15, -0.1) is 11.8 Å². The highest BCUT2D eigenvalue weighted by molar-refractivity contribution is 7.98. The van der Waals surface area contributed by atoms with Gasteiger partial charge in [0.2, 0.25) is 0 Å². The molecular weight excluding hydrogens is 308 g/mol. The van der Waals surface area contributed by atoms with Gasteiger partial charge in [-0.1, -0.05) is 31.5 Å². The van der Waals surface area contributed by atoms with E-state index >= 15 is 0 Å². The Labute approximate surface area is 143 Å². The van der Waals surface area contributed by atoms with E-state index in [0.29, 0.717) is 13.1 Å². The smallest absolute Gasteiger partial charge is 0.317 e. The molecule has 2 amide bonds. The predicted molar refractivity (Wildman–Crippen MR) is 95.2 cm³/mol. The van der Waals surface area contributed by atoms with Crippen molar-refractivity contribution in [1.29, 1.82) is 0 Å². The van der Waals surface area contributed by atoms with E-state index in [0.717, 1.165) is 42.7 Å². The summed E-state index contributed by atoms with van der Waals surface area (Å²) in [5.41, 5.74) is 0.790. The number of piperidine rings is 1. The second kappa shape index (κ2) is 8.96. The number of benzene rings is 1. The van der Waals surface area contributed by atoms with Gasteiger partial charge >= 0.3 is 6.03 Å². The third-order valence-electron chi connectivity index (χ3n) is 4.26. The maximum absolute atomic E-state index is 12.8. The molecule has 1 aliphatic heterocycles. The average Bonchev–Trinajstić information content (AvgIpc) is 2.61. The number of carbonyl (C=O) groups is 2. The molecule has 23 heavy (non-hydrogen) atoms. The van der Waals surface area contributed by atoms with E-state index in [1.165, 1.54) is 0 Å². The fourth-order valence-electron chi connectivity index (χ4n) is 2.93. The summed E-state index contributed by atoms with van der Waals surface area (Å²) >= 11 is 1.59. The Balaban J connectivity index is 2.00. The van der Waals surface area contributed by atoms with E-state index < -0.39 is 0 Å². The summed E-state index contributed by atoms with van der Waals surface area (Å²) < 4.78 is 0. The van der Waals surface area contributed by atoms with E-state index in [1.54, 1.807) is 16.7 Å². The van der Waals surface area contributed by atoms with Gasteiger partial charge in [-0.05, 0) is 31.6 Å². The van der Waals surface area contributed by atoms with Crippen LogP contribution in [0.15, 0.2) is 29.2 Å². The molecule has 1 saturated heterocycles. The van der Waals surface area contributed by atoms with E-state index in [4.69, 9.17) is 0 Å². The second-order valence-electron chi connectivity index (χ2n) is 5.94. The van der Waals surface area contributed by atoms with Gasteiger partial charge in [-0.25, -0.2) is 4.79 Å². The molecule has 1 aromatic carbocycles. The van der Waals surface area contributed by atoms with Gasteiger partial charge in [0.15, 0.2) is 5.78 Å². The largest absolute Gasteiger partial charge is 0.338 e. The van der Waals surface area contributed by atoms with Crippen LogP contribution in [0, 0.1) is 5.92 Å². The highest BCUT2D eigenvalue weighted by atomic mass is 32.2. The lowest BCUT2D eigenvalue weighted by atomic mass is 9.90. The van der Waals surface area contributed by atoms with Crippen LogP contribution >= 0.6 is 11.8 Å². The Kier molecular flexibility index (Phi) is 6.96. The van der Waals surface area contributed by atoms with Crippen molar-refractivity contribution in [2.75, 3.05) is 25.9 Å². The first kappa shape index (κ1) is 17.9. The number of thioether (sulfide) groups is 1. The zero-order valence-electron chi connectivity index (χ0n) is 14.0. The van der Waals surface area contributed by atoms with Crippen molar-refractivity contribution in [3.63, 3.8) is 0 Å². The van der Waals surface area contributed by atoms with Crippen LogP contribution in [-0.4, -0.2) is 42.6 Å². The fraction of sp³-hybridized carbons (Fsp3) is 0.556. The first-order chi connectivity index (χ1) is 11.2. The van der Waals surface area contributed by atoms with Crippen LogP contribution in [-0.2, 0) is 0 Å². The van der Waals surface area contributed by atoms with Crippen molar-refractivity contribution in [3.8, 4) is 0 Å². The van der Waals surface area contributed by atoms with Crippen LogP contribution in [0.5, 0.6) is 0 Å². The topological polar surface area (TPSA) is 49.4 Å². The SMILES string of the molecule is CCCCNC(=O)N1CCC[C@H](C(=O)c2ccccc2SC)C1. The molecule has 0 unspecified atom stereocenters. The molecule has 0 aliphatic carbocycles. The number of likely N-dealkylation sites (tertiary alicyclic amines) is 1. The van der Waals surface area contributed by atoms with Crippen LogP contribution in [0.4, 0.5) is 4.79 Å². The first-order valence-electron chi connectivity index (χ1n) is 8.37. The van der Waals surface area contributed by atoms with Crippen LogP contribution in [0.3, 0.4) is 0 Å². The zero-order chi connectivity index (χ0) is 16.7. The van der Waals surface area contributed by atoms with E-state index in [-0.39, 0.29) is 17.7 Å². The number of urea groups is 1. The number of hydrogen-bond donors (Lipinski definition) is 1. The average molecular weight is 334 g/mol. The summed E-state index contributed by atoms with van der Waals surface area (Å²) in [6.07, 6.45) is 5.79. The Bertz CT molecular complexity index is 548. The van der Waals surface area contributed by atoms with Crippen molar-refractivity contribution in [2.24, 2.45) is 5.92 Å². The van der Waals surface area contributed by atoms with Crippen molar-refractivity contribution >= 4 is 23.6 Å². The number of ketones is 1. The molecule has 1 atom stereocenters. The standard InChI is InChI=1S/C18H26N2O2S/c1-3-4-11-19-18(22)20-12-7-8-14(13-20)17(21)15-9-5-6-10-16(15)23-2/h5-6,9-10,14H,3-4,7-8,11-13H2,1-2H3,(H,19,22)/t14-/m0/s1. The molecule has 1 heterocycles. The first-order valence-corrected chi connectivity index (χ1v) is 9.59. The molecule has 0 aromatic heterocycles. The second-order valence-corrected chi connectivity index (χ2v) is 6.78. The number of Topliss-reactive ketones (excluding diaryl/α,β-unsaturated/α-hetero) is 1. The molecule has 1 N–H and O–H groups in total. The lowest BCUT2D eigenvalue weighted by Crippen LogP contribution is -2.47. The van der Waals surface area contributed by atoms with E-state index in [1.807, 2.05) is 30.5 Å². The summed E-state index contributed by atoms with van der Waals surface area (Å²) in [4.78, 5) is 27.8. The lowest BCUT2D eigenvalue weighted by molar-refractivity contribution is 0.0842. The highest BCUT2D eigenvalue weighted by Crippen LogP contribution is 2.26. The van der Waals surface area contributed by atoms with Gasteiger partial charge < -0.3 is 10.2 Å². The molecular formula is C18H26N2O2S. The zero-order valence-corrected chi connectivity index (χ0v) is 14.8. The molecule has 5 heteroatoms. The normalized spacial score (nSPS) is 17.8. The van der Waals surface area contributed by atoms with Crippen molar-refractivity contribution in [2.45, 2.75) is 37.5 Å². The summed E-state index contributed by atoms with van der Waals surface area (Å²) in [6.45, 7) is 4.08. The number of nitrogens with zero attached hydrogens (tertiary/aromatic N) is 1. The molecule has 2 rings (SSSR count). The molecule has 1 aliphatic rings. The minimum absolute atomic E-state index is 0.0332. The number of rotatable bonds is 6. The number of amides is 2. The predicted octanol–water partition coefficient (Wildman–Crippen LogP) is 3.81. The van der Waals surface area contributed by atoms with E-state index in [2.05, 4.69) is 12.2 Å². The summed E-state index contributed by atoms with van der Waals surface area (Å²) in [5, 5.41) is 2.95. The van der Waals surface area contributed by atoms with Crippen molar-refractivity contribution in [3.05, 3.63) is 29.8 Å². The quantitative estimate of drug-likeness (QED) is 0.489. The lowest BCUT2D eigenvalue weighted by Gasteiger charge is -2.32. The maximum atomic E-state index is 12.8. The molecule has 0 radical (unpaired) electrons. The number of carbonyl (C=O) groups excluding carboxylic acids is 2. The summed E-state index contributed by atoms with van der Waals surface area (Å²) in [7, 11) is 0. The Hall–Kier alpha value is -1.49. The molecule has 4 nitrogen and oxygen atoms in total. The summed E-state index contributed by atoms with van der Waals surface area (Å²) in [5.74, 6) is 0.0787. The van der Waals surface area contributed by atoms with Gasteiger partial charge in [-0.3, -0.25) is 4.79 Å². The Morgan fingerprint density at radius 1 is 1.35 bits per heavy atom. The fourth-order valence-corrected chi connectivity index (χ4v) is 3.53. The molecule has 0 bridgehead atoms. The van der Waals surface area contributed by atoms with E-state index in [9.17, 15) is 9.59 Å². The minimum Gasteiger partial charge on any atom is -0.338 e. The maximum Gasteiger partial charge on any atom is 0.317 e. The highest BCUT2D eigenvalue weighted by Gasteiger charge is 2.29. The monoisotopic (exact) mass is 334 g/mol. The molecule has 1 aromatic rings. The van der Waals surface area contributed by atoms with Crippen molar-refractivity contribution < 1.29 is 9.59 Å². The van der Waals surface area contributed by atoms with Gasteiger partial charge in [0.25, 0.3) is 0 Å². The van der Waals surface area contributed by atoms with Gasteiger partial charge in [-0.2, -0.15) is 0 Å². The summed E-state index contributed by atoms with van der Waals surface area (Å²) in [6, 6.07) is 7.71. The number of unbranched alkanes of at least 4 members (excludes halogenated alkanes) is 1. The third kappa shape index (κ3) is 4.74. The number of nitrogens with one attached hydrogen (secondary N) is 1. The molecule has 1 fully saturated rings. The van der Waals surface area contributed by atoms with Crippen LogP contribution in [0.25, 0.3) is 0 Å². The molecule has 0 spiro atoms. The van der Waals surface area contributed by atoms with Crippen molar-refractivity contribution in [1.82, 2.24) is 10.2 Å². The third-order valence-corrected chi connectivity index (χ3v) is 5.05. The number of hydrogen-bond acceptors (Lipinski definition) is 3. The van der Waals surface area contributed by atoms with Crippen LogP contribution in [0.1, 0.15) is 43.0 Å². The minimum atomic E-state index is -0.0889. The van der Waals surface area contributed by atoms with Gasteiger partial charge in [0.05, 0.1) is 0 Å². The van der Waals surface area contributed by atoms with Crippen LogP contribution in [0.2, 0.25) is 0 Å². The Morgan fingerprint density at radius 2 is 2.13 bits per heavy atom. The van der Waals surface area contributed by atoms with Gasteiger partial charge in [0, 0.05) is 36.0 Å². The molecule has 126 valence electrons. The Morgan fingerprint density at radius 3 is 2.87 bits per heavy atom. The van der Waals surface area contributed by atoms with Crippen LogP contribution < -0.4 is 5.32 Å².